The van der Waals surface area contributed by atoms with Crippen molar-refractivity contribution in [3.63, 3.8) is 0 Å². The van der Waals surface area contributed by atoms with Crippen LogP contribution in [0.15, 0.2) is 18.2 Å². The Labute approximate surface area is 104 Å². The van der Waals surface area contributed by atoms with Gasteiger partial charge < -0.3 is 4.74 Å². The van der Waals surface area contributed by atoms with E-state index in [2.05, 4.69) is 10.6 Å². The molecule has 0 aromatic heterocycles. The number of hydrogen-bond donors (Lipinski definition) is 2. The molecule has 0 saturated heterocycles. The minimum atomic E-state index is -4.36. The summed E-state index contributed by atoms with van der Waals surface area (Å²) in [5.41, 5.74) is 0.412. The maximum Gasteiger partial charge on any atom is 0.483 e. The molecule has 1 amide bonds. The van der Waals surface area contributed by atoms with E-state index in [1.54, 1.807) is 0 Å². The molecular formula is C8H6ClF2N3O4. The van der Waals surface area contributed by atoms with Crippen molar-refractivity contribution in [3.05, 3.63) is 33.3 Å². The lowest BCUT2D eigenvalue weighted by Gasteiger charge is -2.15. The van der Waals surface area contributed by atoms with E-state index in [1.165, 1.54) is 5.43 Å². The first-order chi connectivity index (χ1) is 8.27. The number of nitrogens with two attached hydrogens (primary N) is 1. The number of rotatable bonds is 4. The summed E-state index contributed by atoms with van der Waals surface area (Å²) in [6.45, 7) is 0. The number of nitro benzene ring substituents is 1. The average Bonchev–Trinajstić information content (AvgIpc) is 2.26. The second kappa shape index (κ2) is 5.10. The minimum Gasteiger partial charge on any atom is -0.418 e. The summed E-state index contributed by atoms with van der Waals surface area (Å²) in [7, 11) is 0. The van der Waals surface area contributed by atoms with Crippen LogP contribution < -0.4 is 16.0 Å². The van der Waals surface area contributed by atoms with E-state index < -0.39 is 28.4 Å². The van der Waals surface area contributed by atoms with E-state index in [4.69, 9.17) is 11.6 Å². The van der Waals surface area contributed by atoms with E-state index in [1.807, 2.05) is 0 Å². The Morgan fingerprint density at radius 3 is 2.67 bits per heavy atom. The third kappa shape index (κ3) is 3.02. The van der Waals surface area contributed by atoms with Crippen molar-refractivity contribution in [1.29, 1.82) is 0 Å². The Hall–Kier alpha value is -2.00. The fourth-order valence-corrected chi connectivity index (χ4v) is 1.15. The molecule has 1 rings (SSSR count). The lowest BCUT2D eigenvalue weighted by atomic mass is 10.3. The number of nitrogens with one attached hydrogen (secondary N) is 1. The quantitative estimate of drug-likeness (QED) is 0.373. The molecule has 3 N–H and O–H groups in total. The van der Waals surface area contributed by atoms with Crippen molar-refractivity contribution in [2.75, 3.05) is 0 Å². The molecule has 7 nitrogen and oxygen atoms in total. The van der Waals surface area contributed by atoms with Gasteiger partial charge in [-0.3, -0.25) is 20.3 Å². The fraction of sp³-hybridized carbons (Fsp3) is 0.125. The number of benzene rings is 1. The largest absolute Gasteiger partial charge is 0.483 e. The van der Waals surface area contributed by atoms with Gasteiger partial charge in [0.15, 0.2) is 0 Å². The summed E-state index contributed by atoms with van der Waals surface area (Å²) in [5.74, 6) is 1.73. The van der Waals surface area contributed by atoms with Crippen LogP contribution in [0.1, 0.15) is 0 Å². The van der Waals surface area contributed by atoms with Crippen LogP contribution in [-0.2, 0) is 4.79 Å². The van der Waals surface area contributed by atoms with Crippen LogP contribution in [0.5, 0.6) is 5.75 Å². The molecule has 1 aromatic carbocycles. The van der Waals surface area contributed by atoms with Crippen molar-refractivity contribution in [2.24, 2.45) is 5.84 Å². The van der Waals surface area contributed by atoms with Crippen LogP contribution in [0, 0.1) is 10.1 Å². The van der Waals surface area contributed by atoms with Gasteiger partial charge in [-0.2, -0.15) is 8.78 Å². The summed E-state index contributed by atoms with van der Waals surface area (Å²) in [6.07, 6.45) is -4.36. The smallest absolute Gasteiger partial charge is 0.418 e. The Kier molecular flexibility index (Phi) is 3.99. The van der Waals surface area contributed by atoms with Gasteiger partial charge in [-0.1, -0.05) is 11.6 Å². The second-order valence-corrected chi connectivity index (χ2v) is 3.40. The average molecular weight is 282 g/mol. The van der Waals surface area contributed by atoms with Gasteiger partial charge in [-0.05, 0) is 6.07 Å². The lowest BCUT2D eigenvalue weighted by molar-refractivity contribution is -0.386. The molecule has 0 bridgehead atoms. The third-order valence-corrected chi connectivity index (χ3v) is 1.99. The van der Waals surface area contributed by atoms with Gasteiger partial charge >= 0.3 is 17.7 Å². The van der Waals surface area contributed by atoms with Crippen molar-refractivity contribution in [3.8, 4) is 5.75 Å². The lowest BCUT2D eigenvalue weighted by Crippen LogP contribution is -2.47. The second-order valence-electron chi connectivity index (χ2n) is 2.96. The molecule has 18 heavy (non-hydrogen) atoms. The monoisotopic (exact) mass is 281 g/mol. The van der Waals surface area contributed by atoms with Crippen molar-refractivity contribution < 1.29 is 23.2 Å². The van der Waals surface area contributed by atoms with Crippen LogP contribution in [0.4, 0.5) is 14.5 Å². The molecule has 0 aliphatic carbocycles. The maximum absolute atomic E-state index is 13.1. The molecule has 0 saturated carbocycles. The van der Waals surface area contributed by atoms with E-state index in [0.717, 1.165) is 18.2 Å². The normalized spacial score (nSPS) is 10.9. The van der Waals surface area contributed by atoms with Gasteiger partial charge in [0.25, 0.3) is 0 Å². The summed E-state index contributed by atoms with van der Waals surface area (Å²) >= 11 is 5.49. The van der Waals surface area contributed by atoms with E-state index >= 15 is 0 Å². The number of hydrazine groups is 1. The molecule has 0 radical (unpaired) electrons. The zero-order valence-electron chi connectivity index (χ0n) is 8.52. The highest BCUT2D eigenvalue weighted by molar-refractivity contribution is 6.30. The van der Waals surface area contributed by atoms with E-state index in [0.29, 0.717) is 0 Å². The molecule has 0 heterocycles. The van der Waals surface area contributed by atoms with Crippen LogP contribution in [0.25, 0.3) is 0 Å². The number of alkyl halides is 2. The number of hydrogen-bond acceptors (Lipinski definition) is 5. The Bertz CT molecular complexity index is 497. The topological polar surface area (TPSA) is 107 Å². The number of ether oxygens (including phenoxy) is 1. The highest BCUT2D eigenvalue weighted by atomic mass is 35.5. The minimum absolute atomic E-state index is 0.0699. The first-order valence-electron chi connectivity index (χ1n) is 4.29. The van der Waals surface area contributed by atoms with Gasteiger partial charge in [0.05, 0.1) is 4.92 Å². The zero-order valence-corrected chi connectivity index (χ0v) is 9.28. The number of halogens is 3. The molecule has 10 heteroatoms. The van der Waals surface area contributed by atoms with Crippen molar-refractivity contribution in [1.82, 2.24) is 5.43 Å². The zero-order chi connectivity index (χ0) is 13.9. The summed E-state index contributed by atoms with van der Waals surface area (Å²) in [4.78, 5) is 20.3. The fourth-order valence-electron chi connectivity index (χ4n) is 0.989. The molecule has 1 aromatic rings. The molecule has 0 atom stereocenters. The third-order valence-electron chi connectivity index (χ3n) is 1.75. The van der Waals surface area contributed by atoms with Crippen LogP contribution in [-0.4, -0.2) is 16.9 Å². The number of nitro groups is 1. The van der Waals surface area contributed by atoms with Gasteiger partial charge in [0.2, 0.25) is 5.75 Å². The molecule has 0 aliphatic rings. The van der Waals surface area contributed by atoms with Gasteiger partial charge in [-0.15, -0.1) is 0 Å². The molecule has 98 valence electrons. The summed E-state index contributed by atoms with van der Waals surface area (Å²) in [6, 6.07) is 2.78. The number of carbonyl (C=O) groups excluding carboxylic acids is 1. The van der Waals surface area contributed by atoms with Crippen LogP contribution in [0.2, 0.25) is 5.02 Å². The highest BCUT2D eigenvalue weighted by Gasteiger charge is 2.43. The molecular weight excluding hydrogens is 276 g/mol. The maximum atomic E-state index is 13.1. The van der Waals surface area contributed by atoms with E-state index in [9.17, 15) is 23.7 Å². The molecule has 0 fully saturated rings. The van der Waals surface area contributed by atoms with Crippen LogP contribution >= 0.6 is 11.6 Å². The number of nitrogens with zero attached hydrogens (tertiary/aromatic N) is 1. The Morgan fingerprint density at radius 2 is 2.17 bits per heavy atom. The standard InChI is InChI=1S/C8H6ClF2N3O4/c9-4-1-2-5(14(16)17)6(3-4)18-8(10,11)7(15)13-12/h1-3H,12H2,(H,13,15). The Morgan fingerprint density at radius 1 is 1.56 bits per heavy atom. The van der Waals surface area contributed by atoms with Gasteiger partial charge in [-0.25, -0.2) is 5.84 Å². The number of amides is 1. The molecule has 0 unspecified atom stereocenters. The molecule has 0 aliphatic heterocycles. The molecule has 0 spiro atoms. The van der Waals surface area contributed by atoms with Crippen LogP contribution in [0.3, 0.4) is 0 Å². The van der Waals surface area contributed by atoms with Crippen molar-refractivity contribution in [2.45, 2.75) is 6.11 Å². The summed E-state index contributed by atoms with van der Waals surface area (Å²) < 4.78 is 30.2. The predicted molar refractivity (Wildman–Crippen MR) is 56.0 cm³/mol. The first-order valence-corrected chi connectivity index (χ1v) is 4.67. The first kappa shape index (κ1) is 14.1. The van der Waals surface area contributed by atoms with E-state index in [-0.39, 0.29) is 5.02 Å². The van der Waals surface area contributed by atoms with Gasteiger partial charge in [0.1, 0.15) is 0 Å². The Balaban J connectivity index is 3.13. The highest BCUT2D eigenvalue weighted by Crippen LogP contribution is 2.33. The number of carbonyl (C=O) groups is 1. The van der Waals surface area contributed by atoms with Gasteiger partial charge in [0, 0.05) is 17.2 Å². The summed E-state index contributed by atoms with van der Waals surface area (Å²) in [5, 5.41) is 10.5. The van der Waals surface area contributed by atoms with Crippen molar-refractivity contribution >= 4 is 23.2 Å². The SMILES string of the molecule is NNC(=O)C(F)(F)Oc1cc(Cl)ccc1[N+](=O)[O-]. The predicted octanol–water partition coefficient (Wildman–Crippen LogP) is 1.21.